The molecular formula is C11H12N2O4. The van der Waals surface area contributed by atoms with Crippen LogP contribution in [0.25, 0.3) is 0 Å². The molecule has 1 rings (SSSR count). The van der Waals surface area contributed by atoms with Crippen molar-refractivity contribution in [2.45, 2.75) is 6.92 Å². The Morgan fingerprint density at radius 1 is 1.12 bits per heavy atom. The normalized spacial score (nSPS) is 9.47. The molecule has 0 aliphatic heterocycles. The van der Waals surface area contributed by atoms with E-state index in [9.17, 15) is 14.4 Å². The van der Waals surface area contributed by atoms with Crippen molar-refractivity contribution < 1.29 is 19.5 Å². The second-order valence-corrected chi connectivity index (χ2v) is 3.27. The van der Waals surface area contributed by atoms with Gasteiger partial charge < -0.3 is 15.7 Å². The molecule has 1 aromatic rings. The average Bonchev–Trinajstić information content (AvgIpc) is 2.28. The lowest BCUT2D eigenvalue weighted by Gasteiger charge is -2.07. The fourth-order valence-electron chi connectivity index (χ4n) is 1.21. The molecule has 0 saturated heterocycles. The van der Waals surface area contributed by atoms with Gasteiger partial charge >= 0.3 is 5.97 Å². The molecule has 0 aromatic heterocycles. The van der Waals surface area contributed by atoms with Crippen LogP contribution >= 0.6 is 0 Å². The maximum atomic E-state index is 11.6. The van der Waals surface area contributed by atoms with Crippen LogP contribution in [0.4, 0.5) is 0 Å². The number of amides is 2. The summed E-state index contributed by atoms with van der Waals surface area (Å²) in [5, 5.41) is 13.6. The van der Waals surface area contributed by atoms with Crippen molar-refractivity contribution in [1.82, 2.24) is 10.6 Å². The minimum Gasteiger partial charge on any atom is -0.478 e. The zero-order chi connectivity index (χ0) is 12.8. The highest BCUT2D eigenvalue weighted by Crippen LogP contribution is 2.08. The van der Waals surface area contributed by atoms with E-state index in [0.717, 1.165) is 0 Å². The van der Waals surface area contributed by atoms with Crippen LogP contribution in [-0.2, 0) is 4.79 Å². The fraction of sp³-hybridized carbons (Fsp3) is 0.182. The van der Waals surface area contributed by atoms with E-state index in [-0.39, 0.29) is 23.7 Å². The van der Waals surface area contributed by atoms with Gasteiger partial charge in [-0.2, -0.15) is 0 Å². The van der Waals surface area contributed by atoms with Crippen LogP contribution in [0.1, 0.15) is 27.6 Å². The highest BCUT2D eigenvalue weighted by atomic mass is 16.4. The minimum atomic E-state index is -1.17. The SMILES string of the molecule is CC(=O)NCNC(=O)c1ccccc1C(=O)O. The Labute approximate surface area is 97.6 Å². The molecule has 6 heteroatoms. The Morgan fingerprint density at radius 2 is 1.71 bits per heavy atom. The third kappa shape index (κ3) is 3.60. The lowest BCUT2D eigenvalue weighted by atomic mass is 10.1. The number of carboxylic acid groups (broad SMARTS) is 1. The van der Waals surface area contributed by atoms with Gasteiger partial charge in [0.1, 0.15) is 0 Å². The molecule has 0 aliphatic carbocycles. The van der Waals surface area contributed by atoms with Crippen LogP contribution < -0.4 is 10.6 Å². The lowest BCUT2D eigenvalue weighted by molar-refractivity contribution is -0.118. The van der Waals surface area contributed by atoms with E-state index in [4.69, 9.17) is 5.11 Å². The Kier molecular flexibility index (Phi) is 4.21. The fourth-order valence-corrected chi connectivity index (χ4v) is 1.21. The molecule has 2 amide bonds. The summed E-state index contributed by atoms with van der Waals surface area (Å²) in [6, 6.07) is 5.86. The van der Waals surface area contributed by atoms with Gasteiger partial charge in [-0.25, -0.2) is 4.79 Å². The number of carbonyl (C=O) groups is 3. The zero-order valence-corrected chi connectivity index (χ0v) is 9.19. The van der Waals surface area contributed by atoms with Gasteiger partial charge in [0.05, 0.1) is 17.8 Å². The predicted octanol–water partition coefficient (Wildman–Crippen LogP) is 0.208. The van der Waals surface area contributed by atoms with Crippen LogP contribution in [0.5, 0.6) is 0 Å². The number of carbonyl (C=O) groups excluding carboxylic acids is 2. The number of aromatic carboxylic acids is 1. The number of hydrogen-bond acceptors (Lipinski definition) is 3. The van der Waals surface area contributed by atoms with Crippen molar-refractivity contribution in [3.8, 4) is 0 Å². The van der Waals surface area contributed by atoms with E-state index < -0.39 is 11.9 Å². The molecule has 6 nitrogen and oxygen atoms in total. The topological polar surface area (TPSA) is 95.5 Å². The van der Waals surface area contributed by atoms with Crippen LogP contribution in [0.2, 0.25) is 0 Å². The minimum absolute atomic E-state index is 0.0396. The number of rotatable bonds is 4. The summed E-state index contributed by atoms with van der Waals surface area (Å²) in [6.45, 7) is 1.28. The summed E-state index contributed by atoms with van der Waals surface area (Å²) in [5.41, 5.74) is -0.0156. The van der Waals surface area contributed by atoms with Crippen molar-refractivity contribution in [1.29, 1.82) is 0 Å². The second-order valence-electron chi connectivity index (χ2n) is 3.27. The van der Waals surface area contributed by atoms with E-state index >= 15 is 0 Å². The molecule has 17 heavy (non-hydrogen) atoms. The maximum absolute atomic E-state index is 11.6. The summed E-state index contributed by atoms with van der Waals surface area (Å²) < 4.78 is 0. The van der Waals surface area contributed by atoms with Gasteiger partial charge in [0.25, 0.3) is 5.91 Å². The standard InChI is InChI=1S/C11H12N2O4/c1-7(14)12-6-13-10(15)8-4-2-3-5-9(8)11(16)17/h2-5H,6H2,1H3,(H,12,14)(H,13,15)(H,16,17). The highest BCUT2D eigenvalue weighted by Gasteiger charge is 2.14. The first kappa shape index (κ1) is 12.7. The van der Waals surface area contributed by atoms with Gasteiger partial charge in [-0.15, -0.1) is 0 Å². The molecule has 0 unspecified atom stereocenters. The number of carboxylic acids is 1. The molecule has 0 radical (unpaired) electrons. The number of benzene rings is 1. The monoisotopic (exact) mass is 236 g/mol. The molecule has 0 atom stereocenters. The quantitative estimate of drug-likeness (QED) is 0.651. The van der Waals surface area contributed by atoms with Crippen molar-refractivity contribution in [3.05, 3.63) is 35.4 Å². The van der Waals surface area contributed by atoms with Crippen molar-refractivity contribution in [3.63, 3.8) is 0 Å². The first-order valence-electron chi connectivity index (χ1n) is 4.87. The molecule has 0 spiro atoms. The second kappa shape index (κ2) is 5.64. The number of nitrogens with one attached hydrogen (secondary N) is 2. The van der Waals surface area contributed by atoms with Crippen LogP contribution in [0.3, 0.4) is 0 Å². The molecule has 0 fully saturated rings. The zero-order valence-electron chi connectivity index (χ0n) is 9.19. The molecular weight excluding hydrogens is 224 g/mol. The van der Waals surface area contributed by atoms with Crippen molar-refractivity contribution in [2.75, 3.05) is 6.67 Å². The summed E-state index contributed by atoms with van der Waals surface area (Å²) in [5.74, 6) is -2.00. The summed E-state index contributed by atoms with van der Waals surface area (Å²) in [7, 11) is 0. The molecule has 90 valence electrons. The van der Waals surface area contributed by atoms with E-state index in [0.29, 0.717) is 0 Å². The molecule has 3 N–H and O–H groups in total. The van der Waals surface area contributed by atoms with Crippen LogP contribution in [0.15, 0.2) is 24.3 Å². The van der Waals surface area contributed by atoms with Gasteiger partial charge in [0.2, 0.25) is 5.91 Å². The molecule has 0 saturated carbocycles. The third-order valence-corrected chi connectivity index (χ3v) is 1.99. The first-order chi connectivity index (χ1) is 8.02. The van der Waals surface area contributed by atoms with Gasteiger partial charge in [-0.05, 0) is 12.1 Å². The van der Waals surface area contributed by atoms with E-state index in [1.807, 2.05) is 0 Å². The molecule has 1 aromatic carbocycles. The predicted molar refractivity (Wildman–Crippen MR) is 59.6 cm³/mol. The van der Waals surface area contributed by atoms with E-state index in [1.165, 1.54) is 25.1 Å². The van der Waals surface area contributed by atoms with E-state index in [2.05, 4.69) is 10.6 Å². The Morgan fingerprint density at radius 3 is 2.24 bits per heavy atom. The van der Waals surface area contributed by atoms with Crippen molar-refractivity contribution >= 4 is 17.8 Å². The third-order valence-electron chi connectivity index (χ3n) is 1.99. The summed E-state index contributed by atoms with van der Waals surface area (Å²) in [6.07, 6.45) is 0. The van der Waals surface area contributed by atoms with Gasteiger partial charge in [0.15, 0.2) is 0 Å². The lowest BCUT2D eigenvalue weighted by Crippen LogP contribution is -2.36. The number of hydrogen-bond donors (Lipinski definition) is 3. The Bertz CT molecular complexity index is 457. The van der Waals surface area contributed by atoms with Gasteiger partial charge in [-0.3, -0.25) is 9.59 Å². The van der Waals surface area contributed by atoms with Crippen LogP contribution in [0, 0.1) is 0 Å². The molecule has 0 aliphatic rings. The molecule has 0 heterocycles. The van der Waals surface area contributed by atoms with Gasteiger partial charge in [0, 0.05) is 6.92 Å². The van der Waals surface area contributed by atoms with Crippen molar-refractivity contribution in [2.24, 2.45) is 0 Å². The Balaban J connectivity index is 2.75. The van der Waals surface area contributed by atoms with Gasteiger partial charge in [-0.1, -0.05) is 12.1 Å². The summed E-state index contributed by atoms with van der Waals surface area (Å²) >= 11 is 0. The smallest absolute Gasteiger partial charge is 0.336 e. The van der Waals surface area contributed by atoms with Crippen LogP contribution in [-0.4, -0.2) is 29.6 Å². The molecule has 0 bridgehead atoms. The maximum Gasteiger partial charge on any atom is 0.336 e. The highest BCUT2D eigenvalue weighted by molar-refractivity contribution is 6.04. The first-order valence-corrected chi connectivity index (χ1v) is 4.87. The Hall–Kier alpha value is -2.37. The average molecular weight is 236 g/mol. The summed E-state index contributed by atoms with van der Waals surface area (Å²) in [4.78, 5) is 33.1. The largest absolute Gasteiger partial charge is 0.478 e. The van der Waals surface area contributed by atoms with E-state index in [1.54, 1.807) is 6.07 Å².